The lowest BCUT2D eigenvalue weighted by atomic mass is 9.91. The predicted molar refractivity (Wildman–Crippen MR) is 88.8 cm³/mol. The van der Waals surface area contributed by atoms with Crippen molar-refractivity contribution in [3.63, 3.8) is 0 Å². The first-order valence-corrected chi connectivity index (χ1v) is 7.45. The number of ketones is 1. The Balaban J connectivity index is 1.92. The summed E-state index contributed by atoms with van der Waals surface area (Å²) in [6.07, 6.45) is 1.63. The van der Waals surface area contributed by atoms with Crippen LogP contribution in [0.4, 0.5) is 0 Å². The zero-order chi connectivity index (χ0) is 16.4. The second-order valence-electron chi connectivity index (χ2n) is 5.67. The molecule has 1 aromatic heterocycles. The molecule has 0 unspecified atom stereocenters. The number of Topliss-reactive ketones (excluding diaryl/α,β-unsaturated/α-hetero) is 1. The van der Waals surface area contributed by atoms with Crippen LogP contribution in [0.2, 0.25) is 0 Å². The van der Waals surface area contributed by atoms with Crippen molar-refractivity contribution >= 4 is 22.7 Å². The van der Waals surface area contributed by atoms with Gasteiger partial charge in [0.1, 0.15) is 0 Å². The normalized spacial score (nSPS) is 12.2. The fourth-order valence-electron chi connectivity index (χ4n) is 2.76. The van der Waals surface area contributed by atoms with Crippen molar-refractivity contribution in [1.29, 1.82) is 0 Å². The minimum Gasteiger partial charge on any atom is -0.481 e. The number of aryl methyl sites for hydroxylation is 1. The first-order valence-electron chi connectivity index (χ1n) is 7.45. The molecule has 1 heterocycles. The van der Waals surface area contributed by atoms with E-state index in [4.69, 9.17) is 0 Å². The third kappa shape index (κ3) is 3.01. The van der Waals surface area contributed by atoms with Crippen molar-refractivity contribution < 1.29 is 14.7 Å². The monoisotopic (exact) mass is 307 g/mol. The Morgan fingerprint density at radius 3 is 2.48 bits per heavy atom. The van der Waals surface area contributed by atoms with Gasteiger partial charge in [-0.25, -0.2) is 0 Å². The smallest absolute Gasteiger partial charge is 0.311 e. The summed E-state index contributed by atoms with van der Waals surface area (Å²) >= 11 is 0. The molecule has 0 aliphatic carbocycles. The molecule has 0 aliphatic rings. The van der Waals surface area contributed by atoms with Crippen LogP contribution in [-0.2, 0) is 4.79 Å². The molecular formula is C19H17NO3. The van der Waals surface area contributed by atoms with Crippen LogP contribution in [0.25, 0.3) is 10.9 Å². The van der Waals surface area contributed by atoms with Gasteiger partial charge in [0.05, 0.1) is 5.92 Å². The number of hydrogen-bond acceptors (Lipinski definition) is 2. The number of aromatic nitrogens is 1. The lowest BCUT2D eigenvalue weighted by Gasteiger charge is -2.11. The van der Waals surface area contributed by atoms with E-state index in [9.17, 15) is 14.7 Å². The lowest BCUT2D eigenvalue weighted by Crippen LogP contribution is -2.16. The quantitative estimate of drug-likeness (QED) is 0.702. The van der Waals surface area contributed by atoms with E-state index in [1.165, 1.54) is 0 Å². The van der Waals surface area contributed by atoms with Crippen LogP contribution in [0.1, 0.15) is 33.8 Å². The van der Waals surface area contributed by atoms with Crippen LogP contribution in [0, 0.1) is 6.92 Å². The maximum absolute atomic E-state index is 12.4. The number of aromatic amines is 1. The molecule has 3 rings (SSSR count). The van der Waals surface area contributed by atoms with Gasteiger partial charge < -0.3 is 10.1 Å². The third-order valence-corrected chi connectivity index (χ3v) is 4.06. The number of fused-ring (bicyclic) bond motifs is 1. The second-order valence-corrected chi connectivity index (χ2v) is 5.67. The Bertz CT molecular complexity index is 862. The Morgan fingerprint density at radius 1 is 1.09 bits per heavy atom. The topological polar surface area (TPSA) is 70.2 Å². The van der Waals surface area contributed by atoms with Gasteiger partial charge in [0, 0.05) is 29.1 Å². The minimum atomic E-state index is -0.991. The molecule has 2 aromatic carbocycles. The largest absolute Gasteiger partial charge is 0.481 e. The molecule has 0 aliphatic heterocycles. The third-order valence-electron chi connectivity index (χ3n) is 4.06. The number of H-pyrrole nitrogens is 1. The van der Waals surface area contributed by atoms with E-state index in [0.29, 0.717) is 11.1 Å². The number of carboxylic acids is 1. The Kier molecular flexibility index (Phi) is 3.98. The molecule has 23 heavy (non-hydrogen) atoms. The molecule has 4 nitrogen and oxygen atoms in total. The van der Waals surface area contributed by atoms with Crippen molar-refractivity contribution in [2.24, 2.45) is 0 Å². The first kappa shape index (κ1) is 15.0. The van der Waals surface area contributed by atoms with E-state index < -0.39 is 11.9 Å². The molecule has 0 bridgehead atoms. The highest BCUT2D eigenvalue weighted by Crippen LogP contribution is 2.29. The van der Waals surface area contributed by atoms with Crippen molar-refractivity contribution in [1.82, 2.24) is 4.98 Å². The molecule has 0 saturated heterocycles. The van der Waals surface area contributed by atoms with Gasteiger partial charge in [-0.15, -0.1) is 0 Å². The standard InChI is InChI=1S/C19H17NO3/c1-12-6-8-13(9-7-12)18(21)10-15(19(22)23)16-11-20-17-5-3-2-4-14(16)17/h2-9,11,15,20H,10H2,1H3,(H,22,23)/t15-/m1/s1. The van der Waals surface area contributed by atoms with Crippen LogP contribution < -0.4 is 0 Å². The van der Waals surface area contributed by atoms with E-state index in [1.54, 1.807) is 18.3 Å². The fourth-order valence-corrected chi connectivity index (χ4v) is 2.76. The number of carboxylic acid groups (broad SMARTS) is 1. The Labute approximate surface area is 133 Å². The number of nitrogens with one attached hydrogen (secondary N) is 1. The number of carbonyl (C=O) groups excluding carboxylic acids is 1. The second kappa shape index (κ2) is 6.08. The molecule has 0 fully saturated rings. The van der Waals surface area contributed by atoms with E-state index in [1.807, 2.05) is 43.3 Å². The molecule has 0 radical (unpaired) electrons. The Morgan fingerprint density at radius 2 is 1.78 bits per heavy atom. The summed E-state index contributed by atoms with van der Waals surface area (Å²) in [6.45, 7) is 1.94. The van der Waals surface area contributed by atoms with Crippen LogP contribution in [0.3, 0.4) is 0 Å². The summed E-state index contributed by atoms with van der Waals surface area (Å²) in [6, 6.07) is 14.7. The van der Waals surface area contributed by atoms with Crippen molar-refractivity contribution in [2.45, 2.75) is 19.3 Å². The van der Waals surface area contributed by atoms with Gasteiger partial charge >= 0.3 is 5.97 Å². The molecule has 0 saturated carbocycles. The lowest BCUT2D eigenvalue weighted by molar-refractivity contribution is -0.138. The summed E-state index contributed by atoms with van der Waals surface area (Å²) in [7, 11) is 0. The van der Waals surface area contributed by atoms with E-state index in [2.05, 4.69) is 4.98 Å². The van der Waals surface area contributed by atoms with Crippen molar-refractivity contribution in [3.8, 4) is 0 Å². The van der Waals surface area contributed by atoms with Gasteiger partial charge in [-0.05, 0) is 18.6 Å². The van der Waals surface area contributed by atoms with Gasteiger partial charge in [0.15, 0.2) is 5.78 Å². The molecule has 3 aromatic rings. The number of carbonyl (C=O) groups is 2. The summed E-state index contributed by atoms with van der Waals surface area (Å²) in [5.41, 5.74) is 3.12. The highest BCUT2D eigenvalue weighted by molar-refractivity contribution is 6.00. The zero-order valence-electron chi connectivity index (χ0n) is 12.7. The average molecular weight is 307 g/mol. The minimum absolute atomic E-state index is 0.0553. The van der Waals surface area contributed by atoms with Gasteiger partial charge in [-0.3, -0.25) is 9.59 Å². The van der Waals surface area contributed by atoms with Crippen molar-refractivity contribution in [2.75, 3.05) is 0 Å². The van der Waals surface area contributed by atoms with Crippen LogP contribution >= 0.6 is 0 Å². The van der Waals surface area contributed by atoms with Gasteiger partial charge in [0.25, 0.3) is 0 Å². The molecule has 2 N–H and O–H groups in total. The number of rotatable bonds is 5. The van der Waals surface area contributed by atoms with E-state index >= 15 is 0 Å². The predicted octanol–water partition coefficient (Wildman–Crippen LogP) is 3.92. The van der Waals surface area contributed by atoms with E-state index in [-0.39, 0.29) is 12.2 Å². The molecular weight excluding hydrogens is 290 g/mol. The summed E-state index contributed by atoms with van der Waals surface area (Å²) in [4.78, 5) is 27.2. The molecule has 116 valence electrons. The van der Waals surface area contributed by atoms with Crippen molar-refractivity contribution in [3.05, 3.63) is 71.4 Å². The molecule has 1 atom stereocenters. The first-order chi connectivity index (χ1) is 11.1. The molecule has 0 spiro atoms. The van der Waals surface area contributed by atoms with Crippen LogP contribution in [0.5, 0.6) is 0 Å². The van der Waals surface area contributed by atoms with Gasteiger partial charge in [0.2, 0.25) is 0 Å². The van der Waals surface area contributed by atoms with Crippen LogP contribution in [0.15, 0.2) is 54.7 Å². The number of benzene rings is 2. The zero-order valence-corrected chi connectivity index (χ0v) is 12.7. The fraction of sp³-hybridized carbons (Fsp3) is 0.158. The number of hydrogen-bond donors (Lipinski definition) is 2. The highest BCUT2D eigenvalue weighted by atomic mass is 16.4. The summed E-state index contributed by atoms with van der Waals surface area (Å²) in [5, 5.41) is 10.4. The van der Waals surface area contributed by atoms with Gasteiger partial charge in [-0.1, -0.05) is 48.0 Å². The average Bonchev–Trinajstić information content (AvgIpc) is 2.96. The van der Waals surface area contributed by atoms with E-state index in [0.717, 1.165) is 16.5 Å². The maximum Gasteiger partial charge on any atom is 0.311 e. The molecule has 0 amide bonds. The van der Waals surface area contributed by atoms with Crippen LogP contribution in [-0.4, -0.2) is 21.8 Å². The summed E-state index contributed by atoms with van der Waals surface area (Å²) < 4.78 is 0. The molecule has 4 heteroatoms. The SMILES string of the molecule is Cc1ccc(C(=O)C[C@@H](C(=O)O)c2c[nH]c3ccccc23)cc1. The number of para-hydroxylation sites is 1. The number of aliphatic carboxylic acids is 1. The summed E-state index contributed by atoms with van der Waals surface area (Å²) in [5.74, 6) is -2.02. The highest BCUT2D eigenvalue weighted by Gasteiger charge is 2.26. The maximum atomic E-state index is 12.4. The van der Waals surface area contributed by atoms with Gasteiger partial charge in [-0.2, -0.15) is 0 Å². The Hall–Kier alpha value is -2.88.